The molecule has 5 nitrogen and oxygen atoms in total. The van der Waals surface area contributed by atoms with Crippen LogP contribution in [-0.4, -0.2) is 43.0 Å². The summed E-state index contributed by atoms with van der Waals surface area (Å²) < 4.78 is 13.1. The van der Waals surface area contributed by atoms with E-state index in [1.165, 1.54) is 37.8 Å². The fourth-order valence-electron chi connectivity index (χ4n) is 3.78. The van der Waals surface area contributed by atoms with E-state index in [9.17, 15) is 14.4 Å². The van der Waals surface area contributed by atoms with Crippen LogP contribution >= 0.6 is 0 Å². The standard InChI is InChI=1S/C21H27FN4O/c22-18-7-9-20(10-8-18)25-11-13-26(14-12-25)21(27)17(15-23)16-24-19-5-3-1-2-4-6-19/h7-10,16,19,24H,1-6,11-14H2/b17-16-. The first-order valence-corrected chi connectivity index (χ1v) is 9.83. The minimum absolute atomic E-state index is 0.175. The van der Waals surface area contributed by atoms with Gasteiger partial charge in [0.15, 0.2) is 0 Å². The van der Waals surface area contributed by atoms with Gasteiger partial charge in [0, 0.05) is 44.1 Å². The molecule has 2 aliphatic rings. The van der Waals surface area contributed by atoms with Crippen LogP contribution in [0.5, 0.6) is 0 Å². The van der Waals surface area contributed by atoms with Gasteiger partial charge < -0.3 is 15.1 Å². The number of piperazine rings is 1. The summed E-state index contributed by atoms with van der Waals surface area (Å²) in [6.07, 6.45) is 8.75. The van der Waals surface area contributed by atoms with Crippen LogP contribution in [0, 0.1) is 17.1 Å². The van der Waals surface area contributed by atoms with Crippen LogP contribution in [-0.2, 0) is 4.79 Å². The molecule has 0 radical (unpaired) electrons. The van der Waals surface area contributed by atoms with E-state index in [1.54, 1.807) is 23.2 Å². The Labute approximate surface area is 160 Å². The van der Waals surface area contributed by atoms with Crippen LogP contribution in [0.15, 0.2) is 36.0 Å². The minimum Gasteiger partial charge on any atom is -0.387 e. The van der Waals surface area contributed by atoms with Gasteiger partial charge >= 0.3 is 0 Å². The number of hydrogen-bond donors (Lipinski definition) is 1. The van der Waals surface area contributed by atoms with E-state index in [0.717, 1.165) is 18.5 Å². The van der Waals surface area contributed by atoms with E-state index in [1.807, 2.05) is 0 Å². The van der Waals surface area contributed by atoms with E-state index in [2.05, 4.69) is 16.3 Å². The van der Waals surface area contributed by atoms with E-state index >= 15 is 0 Å². The largest absolute Gasteiger partial charge is 0.387 e. The second-order valence-corrected chi connectivity index (χ2v) is 7.28. The first kappa shape index (κ1) is 19.2. The third kappa shape index (κ3) is 5.22. The molecule has 1 heterocycles. The number of carbonyl (C=O) groups excluding carboxylic acids is 1. The summed E-state index contributed by atoms with van der Waals surface area (Å²) in [6, 6.07) is 8.82. The topological polar surface area (TPSA) is 59.4 Å². The lowest BCUT2D eigenvalue weighted by atomic mass is 10.1. The lowest BCUT2D eigenvalue weighted by Crippen LogP contribution is -2.49. The number of benzene rings is 1. The van der Waals surface area contributed by atoms with Crippen molar-refractivity contribution in [3.8, 4) is 6.07 Å². The van der Waals surface area contributed by atoms with Gasteiger partial charge in [0.05, 0.1) is 0 Å². The average molecular weight is 370 g/mol. The number of amides is 1. The predicted molar refractivity (Wildman–Crippen MR) is 104 cm³/mol. The minimum atomic E-state index is -0.252. The molecule has 1 aromatic rings. The highest BCUT2D eigenvalue weighted by Crippen LogP contribution is 2.19. The zero-order chi connectivity index (χ0) is 19.1. The highest BCUT2D eigenvalue weighted by molar-refractivity contribution is 5.97. The zero-order valence-electron chi connectivity index (χ0n) is 15.7. The normalized spacial score (nSPS) is 19.3. The molecule has 0 bridgehead atoms. The monoisotopic (exact) mass is 370 g/mol. The van der Waals surface area contributed by atoms with Gasteiger partial charge in [-0.3, -0.25) is 4.79 Å². The molecule has 1 amide bonds. The molecular weight excluding hydrogens is 343 g/mol. The van der Waals surface area contributed by atoms with Crippen molar-refractivity contribution in [2.45, 2.75) is 44.6 Å². The quantitative estimate of drug-likeness (QED) is 0.502. The van der Waals surface area contributed by atoms with Crippen LogP contribution in [0.25, 0.3) is 0 Å². The van der Waals surface area contributed by atoms with Gasteiger partial charge in [-0.15, -0.1) is 0 Å². The maximum atomic E-state index is 13.1. The van der Waals surface area contributed by atoms with E-state index in [0.29, 0.717) is 32.2 Å². The van der Waals surface area contributed by atoms with Gasteiger partial charge in [-0.05, 0) is 37.1 Å². The molecule has 0 atom stereocenters. The molecule has 144 valence electrons. The van der Waals surface area contributed by atoms with Crippen molar-refractivity contribution in [2.24, 2.45) is 0 Å². The SMILES string of the molecule is N#C/C(=C/NC1CCCCCC1)C(=O)N1CCN(c2ccc(F)cc2)CC1. The zero-order valence-corrected chi connectivity index (χ0v) is 15.7. The van der Waals surface area contributed by atoms with Gasteiger partial charge in [0.1, 0.15) is 17.5 Å². The lowest BCUT2D eigenvalue weighted by molar-refractivity contribution is -0.127. The van der Waals surface area contributed by atoms with Crippen LogP contribution in [0.1, 0.15) is 38.5 Å². The van der Waals surface area contributed by atoms with E-state index < -0.39 is 0 Å². The smallest absolute Gasteiger partial charge is 0.266 e. The van der Waals surface area contributed by atoms with Crippen molar-refractivity contribution in [3.63, 3.8) is 0 Å². The van der Waals surface area contributed by atoms with Crippen molar-refractivity contribution in [3.05, 3.63) is 41.9 Å². The second-order valence-electron chi connectivity index (χ2n) is 7.28. The van der Waals surface area contributed by atoms with Crippen LogP contribution < -0.4 is 10.2 Å². The molecule has 0 spiro atoms. The van der Waals surface area contributed by atoms with Crippen molar-refractivity contribution in [1.29, 1.82) is 5.26 Å². The number of carbonyl (C=O) groups is 1. The molecule has 1 aromatic carbocycles. The van der Waals surface area contributed by atoms with Gasteiger partial charge in [-0.2, -0.15) is 5.26 Å². The van der Waals surface area contributed by atoms with Crippen molar-refractivity contribution >= 4 is 11.6 Å². The highest BCUT2D eigenvalue weighted by atomic mass is 19.1. The summed E-state index contributed by atoms with van der Waals surface area (Å²) in [4.78, 5) is 16.5. The molecule has 1 saturated carbocycles. The fraction of sp³-hybridized carbons (Fsp3) is 0.524. The molecule has 1 aliphatic carbocycles. The summed E-state index contributed by atoms with van der Waals surface area (Å²) in [7, 11) is 0. The molecule has 1 saturated heterocycles. The first-order valence-electron chi connectivity index (χ1n) is 9.83. The molecule has 2 fully saturated rings. The van der Waals surface area contributed by atoms with Gasteiger partial charge in [-0.1, -0.05) is 25.7 Å². The van der Waals surface area contributed by atoms with Gasteiger partial charge in [0.25, 0.3) is 5.91 Å². The molecule has 1 N–H and O–H groups in total. The number of hydrogen-bond acceptors (Lipinski definition) is 4. The van der Waals surface area contributed by atoms with Gasteiger partial charge in [0.2, 0.25) is 0 Å². The Hall–Kier alpha value is -2.55. The Kier molecular flexibility index (Phi) is 6.69. The Balaban J connectivity index is 1.54. The number of nitriles is 1. The third-order valence-electron chi connectivity index (χ3n) is 5.43. The Morgan fingerprint density at radius 1 is 1.07 bits per heavy atom. The van der Waals surface area contributed by atoms with Crippen molar-refractivity contribution in [2.75, 3.05) is 31.1 Å². The summed E-state index contributed by atoms with van der Waals surface area (Å²) in [6.45, 7) is 2.45. The number of rotatable bonds is 4. The first-order chi connectivity index (χ1) is 13.2. The fourth-order valence-corrected chi connectivity index (χ4v) is 3.78. The second kappa shape index (κ2) is 9.40. The highest BCUT2D eigenvalue weighted by Gasteiger charge is 2.24. The summed E-state index contributed by atoms with van der Waals surface area (Å²) in [5.74, 6) is -0.463. The summed E-state index contributed by atoms with van der Waals surface area (Å²) >= 11 is 0. The number of halogens is 1. The predicted octanol–water partition coefficient (Wildman–Crippen LogP) is 3.19. The molecule has 0 aromatic heterocycles. The molecule has 6 heteroatoms. The van der Waals surface area contributed by atoms with Crippen molar-refractivity contribution < 1.29 is 9.18 Å². The molecule has 1 aliphatic heterocycles. The Morgan fingerprint density at radius 2 is 1.70 bits per heavy atom. The van der Waals surface area contributed by atoms with Crippen molar-refractivity contribution in [1.82, 2.24) is 10.2 Å². The molecule has 0 unspecified atom stereocenters. The molecular formula is C21H27FN4O. The van der Waals surface area contributed by atoms with E-state index in [-0.39, 0.29) is 17.3 Å². The number of anilines is 1. The average Bonchev–Trinajstić information content (AvgIpc) is 2.98. The lowest BCUT2D eigenvalue weighted by Gasteiger charge is -2.36. The van der Waals surface area contributed by atoms with Crippen LogP contribution in [0.3, 0.4) is 0 Å². The van der Waals surface area contributed by atoms with E-state index in [4.69, 9.17) is 0 Å². The Morgan fingerprint density at radius 3 is 2.30 bits per heavy atom. The molecule has 3 rings (SSSR count). The summed E-state index contributed by atoms with van der Waals surface area (Å²) in [5.41, 5.74) is 1.13. The Bertz CT molecular complexity index is 694. The maximum Gasteiger partial charge on any atom is 0.266 e. The van der Waals surface area contributed by atoms with Crippen LogP contribution in [0.4, 0.5) is 10.1 Å². The summed E-state index contributed by atoms with van der Waals surface area (Å²) in [5, 5.41) is 12.7. The molecule has 27 heavy (non-hydrogen) atoms. The number of nitrogens with zero attached hydrogens (tertiary/aromatic N) is 3. The maximum absolute atomic E-state index is 13.1. The van der Waals surface area contributed by atoms with Crippen LogP contribution in [0.2, 0.25) is 0 Å². The number of nitrogens with one attached hydrogen (secondary N) is 1. The van der Waals surface area contributed by atoms with Gasteiger partial charge in [-0.25, -0.2) is 4.39 Å². The third-order valence-corrected chi connectivity index (χ3v) is 5.43.